The van der Waals surface area contributed by atoms with Crippen LogP contribution in [0.5, 0.6) is 0 Å². The smallest absolute Gasteiger partial charge is 0.262 e. The third-order valence-electron chi connectivity index (χ3n) is 5.22. The molecule has 2 aromatic carbocycles. The highest BCUT2D eigenvalue weighted by Crippen LogP contribution is 2.23. The van der Waals surface area contributed by atoms with Crippen LogP contribution in [0.3, 0.4) is 0 Å². The van der Waals surface area contributed by atoms with E-state index in [1.54, 1.807) is 31.2 Å². The van der Waals surface area contributed by atoms with Gasteiger partial charge in [-0.15, -0.1) is 11.3 Å². The fourth-order valence-electron chi connectivity index (χ4n) is 3.45. The summed E-state index contributed by atoms with van der Waals surface area (Å²) in [7, 11) is 0. The third-order valence-corrected chi connectivity index (χ3v) is 6.39. The number of benzene rings is 2. The Hall–Kier alpha value is -3.19. The number of rotatable bonds is 6. The van der Waals surface area contributed by atoms with Gasteiger partial charge < -0.3 is 0 Å². The minimum absolute atomic E-state index is 0.0763. The van der Waals surface area contributed by atoms with Crippen LogP contribution in [0.1, 0.15) is 39.1 Å². The number of fused-ring (bicyclic) bond motifs is 1. The zero-order valence-electron chi connectivity index (χ0n) is 17.1. The molecule has 0 radical (unpaired) electrons. The largest absolute Gasteiger partial charge is 0.292 e. The molecule has 2 heterocycles. The summed E-state index contributed by atoms with van der Waals surface area (Å²) >= 11 is 1.42. The molecule has 0 fully saturated rings. The van der Waals surface area contributed by atoms with Crippen molar-refractivity contribution in [2.45, 2.75) is 33.2 Å². The molecule has 0 aliphatic heterocycles. The predicted molar refractivity (Wildman–Crippen MR) is 118 cm³/mol. The van der Waals surface area contributed by atoms with Gasteiger partial charge in [-0.25, -0.2) is 13.8 Å². The molecule has 4 nitrogen and oxygen atoms in total. The maximum atomic E-state index is 14.3. The second kappa shape index (κ2) is 8.51. The number of aromatic nitrogens is 2. The lowest BCUT2D eigenvalue weighted by molar-refractivity contribution is 0.0969. The van der Waals surface area contributed by atoms with Crippen LogP contribution in [0.15, 0.2) is 53.3 Å². The molecule has 2 aromatic heterocycles. The number of nitrogens with zero attached hydrogens (tertiary/aromatic N) is 2. The Morgan fingerprint density at radius 2 is 1.87 bits per heavy atom. The second-order valence-electron chi connectivity index (χ2n) is 7.36. The van der Waals surface area contributed by atoms with E-state index in [1.165, 1.54) is 40.2 Å². The van der Waals surface area contributed by atoms with Gasteiger partial charge in [0.15, 0.2) is 5.78 Å². The Labute approximate surface area is 181 Å². The van der Waals surface area contributed by atoms with Crippen molar-refractivity contribution in [3.63, 3.8) is 0 Å². The fourth-order valence-corrected chi connectivity index (χ4v) is 4.42. The summed E-state index contributed by atoms with van der Waals surface area (Å²) in [4.78, 5) is 32.4. The van der Waals surface area contributed by atoms with Crippen LogP contribution in [0.2, 0.25) is 0 Å². The highest BCUT2D eigenvalue weighted by molar-refractivity contribution is 7.18. The van der Waals surface area contributed by atoms with Gasteiger partial charge in [-0.3, -0.25) is 14.2 Å². The van der Waals surface area contributed by atoms with Crippen molar-refractivity contribution in [2.75, 3.05) is 0 Å². The van der Waals surface area contributed by atoms with Crippen LogP contribution in [-0.2, 0) is 19.4 Å². The van der Waals surface area contributed by atoms with Gasteiger partial charge in [0, 0.05) is 16.9 Å². The monoisotopic (exact) mass is 438 g/mol. The molecule has 0 atom stereocenters. The first kappa shape index (κ1) is 21.1. The normalized spacial score (nSPS) is 11.2. The topological polar surface area (TPSA) is 52.0 Å². The molecule has 0 unspecified atom stereocenters. The van der Waals surface area contributed by atoms with E-state index in [0.717, 1.165) is 11.3 Å². The number of halogens is 2. The SMILES string of the molecule is CCc1cc2c(=O)n(CC(=O)c3ccc(F)c(C)c3)c(Cc3ccccc3F)nc2s1. The number of carbonyl (C=O) groups excluding carboxylic acids is 1. The van der Waals surface area contributed by atoms with Crippen LogP contribution in [0, 0.1) is 18.6 Å². The van der Waals surface area contributed by atoms with E-state index in [9.17, 15) is 18.4 Å². The molecule has 0 aliphatic carbocycles. The molecule has 4 rings (SSSR count). The first-order valence-corrected chi connectivity index (χ1v) is 10.7. The van der Waals surface area contributed by atoms with E-state index in [1.807, 2.05) is 6.92 Å². The summed E-state index contributed by atoms with van der Waals surface area (Å²) in [5.74, 6) is -0.821. The lowest BCUT2D eigenvalue weighted by Gasteiger charge is -2.13. The Morgan fingerprint density at radius 1 is 1.10 bits per heavy atom. The molecule has 0 amide bonds. The minimum Gasteiger partial charge on any atom is -0.292 e. The maximum Gasteiger partial charge on any atom is 0.262 e. The quantitative estimate of drug-likeness (QED) is 0.395. The standard InChI is InChI=1S/C24H20F2N2O2S/c1-3-17-12-18-23(31-17)27-22(11-15-6-4-5-7-20(15)26)28(24(18)30)13-21(29)16-8-9-19(25)14(2)10-16/h4-10,12H,3,11,13H2,1-2H3. The van der Waals surface area contributed by atoms with Crippen molar-refractivity contribution in [1.82, 2.24) is 9.55 Å². The summed E-state index contributed by atoms with van der Waals surface area (Å²) in [6.07, 6.45) is 0.837. The van der Waals surface area contributed by atoms with Crippen molar-refractivity contribution in [1.29, 1.82) is 0 Å². The number of thiophene rings is 1. The van der Waals surface area contributed by atoms with Crippen LogP contribution in [0.4, 0.5) is 8.78 Å². The van der Waals surface area contributed by atoms with Gasteiger partial charge in [-0.05, 0) is 54.8 Å². The van der Waals surface area contributed by atoms with Gasteiger partial charge >= 0.3 is 0 Å². The van der Waals surface area contributed by atoms with E-state index < -0.39 is 11.6 Å². The minimum atomic E-state index is -0.401. The number of Topliss-reactive ketones (excluding diaryl/α,β-unsaturated/α-hetero) is 1. The van der Waals surface area contributed by atoms with Crippen molar-refractivity contribution < 1.29 is 13.6 Å². The average molecular weight is 438 g/mol. The van der Waals surface area contributed by atoms with Gasteiger partial charge in [0.2, 0.25) is 0 Å². The zero-order valence-corrected chi connectivity index (χ0v) is 17.9. The van der Waals surface area contributed by atoms with Gasteiger partial charge in [-0.2, -0.15) is 0 Å². The highest BCUT2D eigenvalue weighted by Gasteiger charge is 2.18. The summed E-state index contributed by atoms with van der Waals surface area (Å²) in [6, 6.07) is 12.2. The molecule has 0 saturated carbocycles. The van der Waals surface area contributed by atoms with Crippen molar-refractivity contribution >= 4 is 27.3 Å². The summed E-state index contributed by atoms with van der Waals surface area (Å²) in [6.45, 7) is 3.31. The van der Waals surface area contributed by atoms with E-state index in [-0.39, 0.29) is 24.3 Å². The molecule has 0 saturated heterocycles. The van der Waals surface area contributed by atoms with Gasteiger partial charge in [0.1, 0.15) is 22.3 Å². The molecular formula is C24H20F2N2O2S. The Kier molecular flexibility index (Phi) is 5.78. The first-order valence-electron chi connectivity index (χ1n) is 9.92. The zero-order chi connectivity index (χ0) is 22.1. The molecule has 31 heavy (non-hydrogen) atoms. The first-order chi connectivity index (χ1) is 14.9. The van der Waals surface area contributed by atoms with Crippen molar-refractivity contribution in [3.8, 4) is 0 Å². The van der Waals surface area contributed by atoms with Crippen molar-refractivity contribution in [3.05, 3.63) is 97.9 Å². The van der Waals surface area contributed by atoms with Crippen molar-refractivity contribution in [2.24, 2.45) is 0 Å². The lowest BCUT2D eigenvalue weighted by atomic mass is 10.1. The fraction of sp³-hybridized carbons (Fsp3) is 0.208. The molecule has 158 valence electrons. The van der Waals surface area contributed by atoms with Crippen LogP contribution in [-0.4, -0.2) is 15.3 Å². The van der Waals surface area contributed by atoms with Gasteiger partial charge in [-0.1, -0.05) is 25.1 Å². The lowest BCUT2D eigenvalue weighted by Crippen LogP contribution is -2.28. The molecule has 0 spiro atoms. The summed E-state index contributed by atoms with van der Waals surface area (Å²) in [5.41, 5.74) is 0.713. The van der Waals surface area contributed by atoms with Gasteiger partial charge in [0.25, 0.3) is 5.56 Å². The van der Waals surface area contributed by atoms with E-state index in [0.29, 0.717) is 32.7 Å². The maximum absolute atomic E-state index is 14.3. The summed E-state index contributed by atoms with van der Waals surface area (Å²) < 4.78 is 29.2. The average Bonchev–Trinajstić information content (AvgIpc) is 3.18. The van der Waals surface area contributed by atoms with Crippen LogP contribution < -0.4 is 5.56 Å². The Balaban J connectivity index is 1.81. The second-order valence-corrected chi connectivity index (χ2v) is 8.47. The molecular weight excluding hydrogens is 418 g/mol. The Morgan fingerprint density at radius 3 is 2.58 bits per heavy atom. The number of hydrogen-bond donors (Lipinski definition) is 0. The highest BCUT2D eigenvalue weighted by atomic mass is 32.1. The molecule has 4 aromatic rings. The predicted octanol–water partition coefficient (Wildman–Crippen LogP) is 5.08. The van der Waals surface area contributed by atoms with Crippen LogP contribution in [0.25, 0.3) is 10.2 Å². The molecule has 7 heteroatoms. The summed E-state index contributed by atoms with van der Waals surface area (Å²) in [5, 5.41) is 0.447. The van der Waals surface area contributed by atoms with E-state index >= 15 is 0 Å². The van der Waals surface area contributed by atoms with E-state index in [4.69, 9.17) is 0 Å². The number of ketones is 1. The Bertz CT molecular complexity index is 1360. The third kappa shape index (κ3) is 4.18. The van der Waals surface area contributed by atoms with E-state index in [2.05, 4.69) is 4.98 Å². The molecule has 0 bridgehead atoms. The number of hydrogen-bond acceptors (Lipinski definition) is 4. The molecule has 0 N–H and O–H groups in total. The number of carbonyl (C=O) groups is 1. The number of aryl methyl sites for hydroxylation is 2. The molecule has 0 aliphatic rings. The van der Waals surface area contributed by atoms with Gasteiger partial charge in [0.05, 0.1) is 11.9 Å². The van der Waals surface area contributed by atoms with Crippen LogP contribution >= 0.6 is 11.3 Å².